The zero-order valence-corrected chi connectivity index (χ0v) is 24.8. The SMILES string of the molecule is CC/C=C\C(=C/C(C)Br)CC.CCCN(C=O)CCc1cnc(N2CCN(C3CCC3)CC2)nc1C. The number of piperazine rings is 1. The minimum atomic E-state index is 0.485. The quantitative estimate of drug-likeness (QED) is 0.179. The molecule has 1 aliphatic heterocycles. The molecule has 7 heteroatoms. The molecule has 1 aromatic rings. The van der Waals surface area contributed by atoms with Crippen LogP contribution in [-0.4, -0.2) is 76.3 Å². The van der Waals surface area contributed by atoms with Gasteiger partial charge in [-0.3, -0.25) is 9.69 Å². The van der Waals surface area contributed by atoms with Gasteiger partial charge in [0.2, 0.25) is 12.4 Å². The maximum atomic E-state index is 11.0. The van der Waals surface area contributed by atoms with Crippen molar-refractivity contribution in [2.24, 2.45) is 0 Å². The van der Waals surface area contributed by atoms with Gasteiger partial charge < -0.3 is 9.80 Å². The van der Waals surface area contributed by atoms with Gasteiger partial charge in [-0.2, -0.15) is 0 Å². The second-order valence-corrected chi connectivity index (χ2v) is 11.3. The average molecular weight is 563 g/mol. The van der Waals surface area contributed by atoms with E-state index in [2.05, 4.69) is 83.6 Å². The van der Waals surface area contributed by atoms with E-state index in [1.807, 2.05) is 11.1 Å². The smallest absolute Gasteiger partial charge is 0.225 e. The molecular formula is C29H48BrN5O. The van der Waals surface area contributed by atoms with Crippen LogP contribution in [0.3, 0.4) is 0 Å². The van der Waals surface area contributed by atoms with Crippen molar-refractivity contribution in [1.29, 1.82) is 0 Å². The highest BCUT2D eigenvalue weighted by Gasteiger charge is 2.28. The predicted molar refractivity (Wildman–Crippen MR) is 156 cm³/mol. The molecule has 2 fully saturated rings. The molecule has 1 unspecified atom stereocenters. The van der Waals surface area contributed by atoms with E-state index in [0.29, 0.717) is 4.83 Å². The van der Waals surface area contributed by atoms with Crippen LogP contribution in [0.2, 0.25) is 0 Å². The Morgan fingerprint density at radius 2 is 1.92 bits per heavy atom. The van der Waals surface area contributed by atoms with Gasteiger partial charge in [-0.25, -0.2) is 9.97 Å². The lowest BCUT2D eigenvalue weighted by molar-refractivity contribution is -0.118. The molecule has 6 nitrogen and oxygen atoms in total. The molecule has 202 valence electrons. The van der Waals surface area contributed by atoms with Crippen molar-refractivity contribution in [3.63, 3.8) is 0 Å². The second kappa shape index (κ2) is 16.9. The first kappa shape index (κ1) is 30.5. The number of alkyl halides is 1. The molecule has 1 amide bonds. The van der Waals surface area contributed by atoms with Crippen molar-refractivity contribution in [1.82, 2.24) is 19.8 Å². The Morgan fingerprint density at radius 1 is 1.19 bits per heavy atom. The molecule has 0 bridgehead atoms. The lowest BCUT2D eigenvalue weighted by atomic mass is 9.91. The van der Waals surface area contributed by atoms with Crippen LogP contribution in [0.15, 0.2) is 30.0 Å². The number of nitrogens with zero attached hydrogens (tertiary/aromatic N) is 5. The van der Waals surface area contributed by atoms with Crippen LogP contribution < -0.4 is 4.90 Å². The number of hydrogen-bond donors (Lipinski definition) is 0. The summed E-state index contributed by atoms with van der Waals surface area (Å²) in [6.45, 7) is 16.4. The molecule has 1 saturated carbocycles. The Hall–Kier alpha value is -1.73. The zero-order valence-electron chi connectivity index (χ0n) is 23.3. The second-order valence-electron chi connectivity index (χ2n) is 9.86. The van der Waals surface area contributed by atoms with Crippen LogP contribution in [-0.2, 0) is 11.2 Å². The number of allylic oxidation sites excluding steroid dienone is 4. The van der Waals surface area contributed by atoms with E-state index in [1.165, 1.54) is 24.8 Å². The molecule has 1 aromatic heterocycles. The zero-order chi connectivity index (χ0) is 26.3. The Bertz CT molecular complexity index is 829. The highest BCUT2D eigenvalue weighted by atomic mass is 79.9. The number of aromatic nitrogens is 2. The predicted octanol–water partition coefficient (Wildman–Crippen LogP) is 5.94. The highest BCUT2D eigenvalue weighted by molar-refractivity contribution is 9.09. The molecule has 1 saturated heterocycles. The lowest BCUT2D eigenvalue weighted by Gasteiger charge is -2.42. The van der Waals surface area contributed by atoms with E-state index in [4.69, 9.17) is 4.98 Å². The maximum Gasteiger partial charge on any atom is 0.225 e. The molecule has 36 heavy (non-hydrogen) atoms. The first-order chi connectivity index (χ1) is 17.4. The molecule has 0 radical (unpaired) electrons. The minimum absolute atomic E-state index is 0.485. The van der Waals surface area contributed by atoms with Gasteiger partial charge in [0, 0.05) is 62.0 Å². The molecule has 2 aliphatic rings. The van der Waals surface area contributed by atoms with Crippen molar-refractivity contribution < 1.29 is 4.79 Å². The van der Waals surface area contributed by atoms with Crippen molar-refractivity contribution in [2.45, 2.75) is 90.4 Å². The van der Waals surface area contributed by atoms with Crippen molar-refractivity contribution in [3.05, 3.63) is 41.3 Å². The van der Waals surface area contributed by atoms with Crippen LogP contribution in [0.1, 0.15) is 77.5 Å². The number of aryl methyl sites for hydroxylation is 1. The number of carbonyl (C=O) groups excluding carboxylic acids is 1. The number of carbonyl (C=O) groups is 1. The number of halogens is 1. The van der Waals surface area contributed by atoms with Gasteiger partial charge in [0.15, 0.2) is 0 Å². The van der Waals surface area contributed by atoms with Crippen LogP contribution in [0.4, 0.5) is 5.95 Å². The Labute approximate surface area is 228 Å². The summed E-state index contributed by atoms with van der Waals surface area (Å²) in [5.74, 6) is 0.857. The number of rotatable bonds is 12. The van der Waals surface area contributed by atoms with Gasteiger partial charge in [0.25, 0.3) is 0 Å². The summed E-state index contributed by atoms with van der Waals surface area (Å²) in [5, 5.41) is 0. The van der Waals surface area contributed by atoms with Crippen molar-refractivity contribution >= 4 is 28.3 Å². The fourth-order valence-electron chi connectivity index (χ4n) is 4.54. The van der Waals surface area contributed by atoms with Gasteiger partial charge in [-0.05, 0) is 57.9 Å². The number of hydrogen-bond acceptors (Lipinski definition) is 5. The van der Waals surface area contributed by atoms with Gasteiger partial charge in [-0.15, -0.1) is 0 Å². The summed E-state index contributed by atoms with van der Waals surface area (Å²) in [5.41, 5.74) is 3.59. The van der Waals surface area contributed by atoms with E-state index in [-0.39, 0.29) is 0 Å². The Balaban J connectivity index is 0.000000352. The van der Waals surface area contributed by atoms with E-state index >= 15 is 0 Å². The average Bonchev–Trinajstić information content (AvgIpc) is 2.84. The molecule has 3 rings (SSSR count). The topological polar surface area (TPSA) is 52.6 Å². The molecule has 1 atom stereocenters. The van der Waals surface area contributed by atoms with Crippen LogP contribution in [0, 0.1) is 6.92 Å². The third kappa shape index (κ3) is 10.3. The van der Waals surface area contributed by atoms with Gasteiger partial charge in [0.1, 0.15) is 0 Å². The highest BCUT2D eigenvalue weighted by Crippen LogP contribution is 2.26. The molecule has 2 heterocycles. The standard InChI is InChI=1S/C19H31N5O.C10H17Br/c1-3-8-22(15-25)9-7-17-14-20-19(21-16(17)2)24-12-10-23(11-13-24)18-5-4-6-18;1-4-6-7-10(5-2)8-9(3)11/h14-15,18H,3-13H2,1-2H3;6-9H,4-5H2,1-3H3/b;7-6-,10-8-. The van der Waals surface area contributed by atoms with E-state index < -0.39 is 0 Å². The van der Waals surface area contributed by atoms with Crippen molar-refractivity contribution in [2.75, 3.05) is 44.2 Å². The summed E-state index contributed by atoms with van der Waals surface area (Å²) in [4.78, 5) is 27.6. The van der Waals surface area contributed by atoms with Crippen LogP contribution in [0.5, 0.6) is 0 Å². The first-order valence-corrected chi connectivity index (χ1v) is 14.8. The lowest BCUT2D eigenvalue weighted by Crippen LogP contribution is -2.52. The molecular weight excluding hydrogens is 514 g/mol. The van der Waals surface area contributed by atoms with Gasteiger partial charge in [0.05, 0.1) is 0 Å². The normalized spacial score (nSPS) is 17.9. The summed E-state index contributed by atoms with van der Waals surface area (Å²) in [7, 11) is 0. The summed E-state index contributed by atoms with van der Waals surface area (Å²) < 4.78 is 0. The third-order valence-corrected chi connectivity index (χ3v) is 7.27. The van der Waals surface area contributed by atoms with Crippen LogP contribution >= 0.6 is 15.9 Å². The molecule has 0 spiro atoms. The number of anilines is 1. The Kier molecular flexibility index (Phi) is 14.3. The fourth-order valence-corrected chi connectivity index (χ4v) is 4.88. The molecule has 0 aromatic carbocycles. The van der Waals surface area contributed by atoms with Crippen LogP contribution in [0.25, 0.3) is 0 Å². The van der Waals surface area contributed by atoms with Gasteiger partial charge >= 0.3 is 0 Å². The largest absolute Gasteiger partial charge is 0.345 e. The minimum Gasteiger partial charge on any atom is -0.345 e. The fraction of sp³-hybridized carbons (Fsp3) is 0.690. The monoisotopic (exact) mass is 561 g/mol. The van der Waals surface area contributed by atoms with E-state index in [1.54, 1.807) is 0 Å². The Morgan fingerprint density at radius 3 is 2.42 bits per heavy atom. The summed E-state index contributed by atoms with van der Waals surface area (Å²) in [6, 6.07) is 0.830. The van der Waals surface area contributed by atoms with E-state index in [9.17, 15) is 4.79 Å². The first-order valence-electron chi connectivity index (χ1n) is 13.9. The third-order valence-electron chi connectivity index (χ3n) is 7.00. The molecule has 0 N–H and O–H groups in total. The molecule has 1 aliphatic carbocycles. The maximum absolute atomic E-state index is 11.0. The van der Waals surface area contributed by atoms with Crippen molar-refractivity contribution in [3.8, 4) is 0 Å². The van der Waals surface area contributed by atoms with E-state index in [0.717, 1.165) is 94.6 Å². The summed E-state index contributed by atoms with van der Waals surface area (Å²) in [6.07, 6.45) is 17.7. The van der Waals surface area contributed by atoms with Gasteiger partial charge in [-0.1, -0.05) is 66.9 Å². The number of amides is 1. The summed E-state index contributed by atoms with van der Waals surface area (Å²) >= 11 is 3.50.